The maximum Gasteiger partial charge on any atom is 0.276 e. The van der Waals surface area contributed by atoms with Gasteiger partial charge in [-0.25, -0.2) is 4.98 Å². The fourth-order valence-electron chi connectivity index (χ4n) is 2.24. The quantitative estimate of drug-likeness (QED) is 0.654. The molecule has 1 N–H and O–H groups in total. The van der Waals surface area contributed by atoms with Crippen LogP contribution in [0.3, 0.4) is 0 Å². The Morgan fingerprint density at radius 1 is 1.37 bits per heavy atom. The number of hydrogen-bond acceptors (Lipinski definition) is 5. The summed E-state index contributed by atoms with van der Waals surface area (Å²) in [5, 5.41) is 14.1. The molecule has 0 aliphatic carbocycles. The van der Waals surface area contributed by atoms with Gasteiger partial charge in [0.15, 0.2) is 0 Å². The summed E-state index contributed by atoms with van der Waals surface area (Å²) in [4.78, 5) is 17.3. The molecular formula is C13H20N4O2. The molecule has 1 aromatic rings. The standard InChI is InChI=1S/C13H20N4O2/c1-2-6-14-12-9-11(17(18)19)10-13(15-12)16-7-4-3-5-8-16/h9-10H,2-8H2,1H3,(H,14,15). The van der Waals surface area contributed by atoms with Crippen LogP contribution in [0.25, 0.3) is 0 Å². The van der Waals surface area contributed by atoms with Crippen LogP contribution in [0, 0.1) is 10.1 Å². The van der Waals surface area contributed by atoms with E-state index in [2.05, 4.69) is 22.1 Å². The minimum Gasteiger partial charge on any atom is -0.370 e. The molecule has 2 heterocycles. The summed E-state index contributed by atoms with van der Waals surface area (Å²) in [6, 6.07) is 3.07. The van der Waals surface area contributed by atoms with Gasteiger partial charge in [0.25, 0.3) is 5.69 Å². The van der Waals surface area contributed by atoms with E-state index in [9.17, 15) is 10.1 Å². The van der Waals surface area contributed by atoms with Crippen LogP contribution in [0.1, 0.15) is 32.6 Å². The van der Waals surface area contributed by atoms with Crippen molar-refractivity contribution in [3.05, 3.63) is 22.2 Å². The first-order chi connectivity index (χ1) is 9.20. The molecule has 0 spiro atoms. The van der Waals surface area contributed by atoms with Gasteiger partial charge >= 0.3 is 0 Å². The number of anilines is 2. The van der Waals surface area contributed by atoms with E-state index in [0.717, 1.165) is 38.9 Å². The molecule has 0 radical (unpaired) electrons. The average Bonchev–Trinajstić information content (AvgIpc) is 2.45. The third kappa shape index (κ3) is 3.56. The fourth-order valence-corrected chi connectivity index (χ4v) is 2.24. The van der Waals surface area contributed by atoms with Crippen LogP contribution < -0.4 is 10.2 Å². The molecule has 1 aliphatic rings. The van der Waals surface area contributed by atoms with Crippen LogP contribution in [-0.4, -0.2) is 29.5 Å². The number of pyridine rings is 1. The lowest BCUT2D eigenvalue weighted by molar-refractivity contribution is -0.384. The molecule has 104 valence electrons. The third-order valence-corrected chi connectivity index (χ3v) is 3.24. The molecule has 0 saturated carbocycles. The predicted molar refractivity (Wildman–Crippen MR) is 75.7 cm³/mol. The molecule has 19 heavy (non-hydrogen) atoms. The molecule has 0 bridgehead atoms. The Kier molecular flexibility index (Phi) is 4.54. The van der Waals surface area contributed by atoms with Crippen molar-refractivity contribution in [2.24, 2.45) is 0 Å². The monoisotopic (exact) mass is 264 g/mol. The van der Waals surface area contributed by atoms with Gasteiger partial charge in [0.1, 0.15) is 11.6 Å². The van der Waals surface area contributed by atoms with Crippen LogP contribution in [-0.2, 0) is 0 Å². The molecule has 6 heteroatoms. The molecule has 1 saturated heterocycles. The average molecular weight is 264 g/mol. The van der Waals surface area contributed by atoms with Gasteiger partial charge in [-0.05, 0) is 25.7 Å². The summed E-state index contributed by atoms with van der Waals surface area (Å²) >= 11 is 0. The summed E-state index contributed by atoms with van der Waals surface area (Å²) in [7, 11) is 0. The molecule has 1 aliphatic heterocycles. The first-order valence-electron chi connectivity index (χ1n) is 6.86. The minimum atomic E-state index is -0.355. The number of piperidine rings is 1. The van der Waals surface area contributed by atoms with Gasteiger partial charge in [0.05, 0.1) is 17.1 Å². The highest BCUT2D eigenvalue weighted by Gasteiger charge is 2.17. The van der Waals surface area contributed by atoms with Gasteiger partial charge in [-0.1, -0.05) is 6.92 Å². The van der Waals surface area contributed by atoms with Crippen molar-refractivity contribution < 1.29 is 4.92 Å². The molecule has 0 unspecified atom stereocenters. The lowest BCUT2D eigenvalue weighted by atomic mass is 10.1. The van der Waals surface area contributed by atoms with E-state index in [1.165, 1.54) is 12.5 Å². The van der Waals surface area contributed by atoms with Crippen LogP contribution in [0.4, 0.5) is 17.3 Å². The first-order valence-corrected chi connectivity index (χ1v) is 6.86. The first kappa shape index (κ1) is 13.6. The Hall–Kier alpha value is -1.85. The topological polar surface area (TPSA) is 71.3 Å². The number of nitro groups is 1. The lowest BCUT2D eigenvalue weighted by Crippen LogP contribution is -2.30. The Bertz CT molecular complexity index is 444. The van der Waals surface area contributed by atoms with Crippen molar-refractivity contribution in [1.82, 2.24) is 4.98 Å². The number of hydrogen-bond donors (Lipinski definition) is 1. The molecule has 0 atom stereocenters. The zero-order valence-electron chi connectivity index (χ0n) is 11.3. The Morgan fingerprint density at radius 3 is 2.74 bits per heavy atom. The second-order valence-corrected chi connectivity index (χ2v) is 4.80. The van der Waals surface area contributed by atoms with Crippen molar-refractivity contribution in [2.75, 3.05) is 29.9 Å². The van der Waals surface area contributed by atoms with E-state index >= 15 is 0 Å². The zero-order chi connectivity index (χ0) is 13.7. The van der Waals surface area contributed by atoms with Gasteiger partial charge in [-0.15, -0.1) is 0 Å². The summed E-state index contributed by atoms with van der Waals surface area (Å²) < 4.78 is 0. The second kappa shape index (κ2) is 6.36. The van der Waals surface area contributed by atoms with E-state index < -0.39 is 0 Å². The molecule has 6 nitrogen and oxygen atoms in total. The SMILES string of the molecule is CCCNc1cc([N+](=O)[O-])cc(N2CCCCC2)n1. The van der Waals surface area contributed by atoms with E-state index in [1.54, 1.807) is 6.07 Å². The normalized spacial score (nSPS) is 15.3. The number of rotatable bonds is 5. The van der Waals surface area contributed by atoms with Gasteiger partial charge in [-0.2, -0.15) is 0 Å². The summed E-state index contributed by atoms with van der Waals surface area (Å²) in [6.07, 6.45) is 4.44. The largest absolute Gasteiger partial charge is 0.370 e. The zero-order valence-corrected chi connectivity index (χ0v) is 11.3. The molecule has 2 rings (SSSR count). The van der Waals surface area contributed by atoms with Crippen LogP contribution in [0.15, 0.2) is 12.1 Å². The van der Waals surface area contributed by atoms with Crippen LogP contribution >= 0.6 is 0 Å². The highest BCUT2D eigenvalue weighted by molar-refractivity contribution is 5.56. The van der Waals surface area contributed by atoms with E-state index in [-0.39, 0.29) is 10.6 Å². The number of aromatic nitrogens is 1. The summed E-state index contributed by atoms with van der Waals surface area (Å²) in [5.74, 6) is 1.31. The van der Waals surface area contributed by atoms with E-state index in [0.29, 0.717) is 11.6 Å². The van der Waals surface area contributed by atoms with Crippen molar-refractivity contribution in [1.29, 1.82) is 0 Å². The van der Waals surface area contributed by atoms with Gasteiger partial charge in [-0.3, -0.25) is 10.1 Å². The second-order valence-electron chi connectivity index (χ2n) is 4.80. The summed E-state index contributed by atoms with van der Waals surface area (Å²) in [5.41, 5.74) is 0.106. The fraction of sp³-hybridized carbons (Fsp3) is 0.615. The molecule has 0 amide bonds. The Morgan fingerprint density at radius 2 is 2.11 bits per heavy atom. The van der Waals surface area contributed by atoms with Crippen molar-refractivity contribution in [3.63, 3.8) is 0 Å². The summed E-state index contributed by atoms with van der Waals surface area (Å²) in [6.45, 7) is 4.69. The van der Waals surface area contributed by atoms with E-state index in [1.807, 2.05) is 0 Å². The highest BCUT2D eigenvalue weighted by Crippen LogP contribution is 2.25. The smallest absolute Gasteiger partial charge is 0.276 e. The number of nitrogens with zero attached hydrogens (tertiary/aromatic N) is 3. The predicted octanol–water partition coefficient (Wildman–Crippen LogP) is 2.80. The maximum absolute atomic E-state index is 11.0. The van der Waals surface area contributed by atoms with Crippen LogP contribution in [0.2, 0.25) is 0 Å². The highest BCUT2D eigenvalue weighted by atomic mass is 16.6. The van der Waals surface area contributed by atoms with Crippen molar-refractivity contribution >= 4 is 17.3 Å². The third-order valence-electron chi connectivity index (χ3n) is 3.24. The lowest BCUT2D eigenvalue weighted by Gasteiger charge is -2.27. The van der Waals surface area contributed by atoms with Gasteiger partial charge < -0.3 is 10.2 Å². The Labute approximate surface area is 113 Å². The van der Waals surface area contributed by atoms with Gasteiger partial charge in [0.2, 0.25) is 0 Å². The van der Waals surface area contributed by atoms with Gasteiger partial charge in [0, 0.05) is 19.6 Å². The molecule has 0 aromatic carbocycles. The van der Waals surface area contributed by atoms with Crippen LogP contribution in [0.5, 0.6) is 0 Å². The number of nitrogens with one attached hydrogen (secondary N) is 1. The molecule has 1 aromatic heterocycles. The van der Waals surface area contributed by atoms with E-state index in [4.69, 9.17) is 0 Å². The minimum absolute atomic E-state index is 0.106. The maximum atomic E-state index is 11.0. The van der Waals surface area contributed by atoms with Crippen molar-refractivity contribution in [2.45, 2.75) is 32.6 Å². The molecule has 1 fully saturated rings. The Balaban J connectivity index is 2.24. The van der Waals surface area contributed by atoms with Crippen molar-refractivity contribution in [3.8, 4) is 0 Å². The molecular weight excluding hydrogens is 244 g/mol.